The van der Waals surface area contributed by atoms with Gasteiger partial charge in [0.1, 0.15) is 0 Å². The van der Waals surface area contributed by atoms with Gasteiger partial charge in [0.25, 0.3) is 5.91 Å². The first-order chi connectivity index (χ1) is 9.43. The summed E-state index contributed by atoms with van der Waals surface area (Å²) in [6, 6.07) is 5.21. The lowest BCUT2D eigenvalue weighted by Crippen LogP contribution is -2.29. The lowest BCUT2D eigenvalue weighted by Gasteiger charge is -2.12. The molecule has 20 heavy (non-hydrogen) atoms. The predicted molar refractivity (Wildman–Crippen MR) is 81.6 cm³/mol. The number of carboxylic acids is 1. The van der Waals surface area contributed by atoms with Crippen molar-refractivity contribution in [2.24, 2.45) is 5.92 Å². The molecule has 1 rings (SSSR count). The highest BCUT2D eigenvalue weighted by atomic mass is 35.5. The minimum absolute atomic E-state index is 0.0341. The molecule has 0 aliphatic carbocycles. The van der Waals surface area contributed by atoms with E-state index in [1.807, 2.05) is 13.0 Å². The van der Waals surface area contributed by atoms with Crippen LogP contribution < -0.4 is 5.32 Å². The van der Waals surface area contributed by atoms with Crippen LogP contribution in [0.15, 0.2) is 23.1 Å². The first kappa shape index (κ1) is 16.9. The van der Waals surface area contributed by atoms with Gasteiger partial charge < -0.3 is 10.4 Å². The molecule has 0 saturated carbocycles. The Morgan fingerprint density at radius 1 is 1.45 bits per heavy atom. The van der Waals surface area contributed by atoms with Gasteiger partial charge in [0.05, 0.1) is 5.56 Å². The van der Waals surface area contributed by atoms with Crippen LogP contribution in [0.3, 0.4) is 0 Å². The van der Waals surface area contributed by atoms with E-state index in [-0.39, 0.29) is 18.2 Å². The van der Waals surface area contributed by atoms with E-state index >= 15 is 0 Å². The molecule has 0 radical (unpaired) electrons. The van der Waals surface area contributed by atoms with Crippen molar-refractivity contribution < 1.29 is 14.7 Å². The first-order valence-electron chi connectivity index (χ1n) is 6.36. The van der Waals surface area contributed by atoms with Gasteiger partial charge in [-0.3, -0.25) is 9.59 Å². The average Bonchev–Trinajstić information content (AvgIpc) is 2.37. The van der Waals surface area contributed by atoms with Crippen LogP contribution in [0.5, 0.6) is 0 Å². The van der Waals surface area contributed by atoms with Crippen LogP contribution >= 0.6 is 23.4 Å². The Bertz CT molecular complexity index is 493. The number of aliphatic carboxylic acids is 1. The van der Waals surface area contributed by atoms with Gasteiger partial charge in [-0.15, -0.1) is 11.8 Å². The highest BCUT2D eigenvalue weighted by molar-refractivity contribution is 7.99. The smallest absolute Gasteiger partial charge is 0.303 e. The monoisotopic (exact) mass is 315 g/mol. The van der Waals surface area contributed by atoms with Gasteiger partial charge in [0, 0.05) is 22.9 Å². The molecule has 4 nitrogen and oxygen atoms in total. The summed E-state index contributed by atoms with van der Waals surface area (Å²) < 4.78 is 0. The van der Waals surface area contributed by atoms with Crippen LogP contribution in [0.25, 0.3) is 0 Å². The molecule has 0 spiro atoms. The fourth-order valence-corrected chi connectivity index (χ4v) is 2.65. The second kappa shape index (κ2) is 8.17. The van der Waals surface area contributed by atoms with Crippen molar-refractivity contribution in [3.05, 3.63) is 28.8 Å². The SMILES string of the molecule is CCSc1ccc(Cl)cc1C(=O)NCC(C)CC(=O)O. The van der Waals surface area contributed by atoms with Crippen molar-refractivity contribution >= 4 is 35.2 Å². The van der Waals surface area contributed by atoms with E-state index < -0.39 is 5.97 Å². The molecular weight excluding hydrogens is 298 g/mol. The van der Waals surface area contributed by atoms with E-state index in [0.29, 0.717) is 17.1 Å². The number of carboxylic acid groups (broad SMARTS) is 1. The van der Waals surface area contributed by atoms with Crippen molar-refractivity contribution in [3.63, 3.8) is 0 Å². The summed E-state index contributed by atoms with van der Waals surface area (Å²) in [5.74, 6) is -0.340. The second-order valence-corrected chi connectivity index (χ2v) is 6.23. The summed E-state index contributed by atoms with van der Waals surface area (Å²) in [6.45, 7) is 4.12. The highest BCUT2D eigenvalue weighted by Gasteiger charge is 2.14. The number of hydrogen-bond donors (Lipinski definition) is 2. The van der Waals surface area contributed by atoms with E-state index in [9.17, 15) is 9.59 Å². The quantitative estimate of drug-likeness (QED) is 0.758. The van der Waals surface area contributed by atoms with Crippen LogP contribution in [-0.2, 0) is 4.79 Å². The summed E-state index contributed by atoms with van der Waals surface area (Å²) in [4.78, 5) is 23.6. The summed E-state index contributed by atoms with van der Waals surface area (Å²) in [5, 5.41) is 11.9. The Labute approximate surface area is 127 Å². The van der Waals surface area contributed by atoms with E-state index in [0.717, 1.165) is 10.6 Å². The Balaban J connectivity index is 2.71. The Morgan fingerprint density at radius 3 is 2.75 bits per heavy atom. The van der Waals surface area contributed by atoms with Gasteiger partial charge in [-0.05, 0) is 29.9 Å². The third-order valence-electron chi connectivity index (χ3n) is 2.62. The number of carbonyl (C=O) groups is 2. The number of benzene rings is 1. The lowest BCUT2D eigenvalue weighted by molar-refractivity contribution is -0.137. The molecule has 0 heterocycles. The molecule has 0 aliphatic rings. The molecule has 2 N–H and O–H groups in total. The first-order valence-corrected chi connectivity index (χ1v) is 7.72. The Morgan fingerprint density at radius 2 is 2.15 bits per heavy atom. The minimum Gasteiger partial charge on any atom is -0.481 e. The van der Waals surface area contributed by atoms with E-state index in [4.69, 9.17) is 16.7 Å². The maximum Gasteiger partial charge on any atom is 0.303 e. The normalized spacial score (nSPS) is 11.9. The summed E-state index contributed by atoms with van der Waals surface area (Å²) in [6.07, 6.45) is 0.0341. The number of hydrogen-bond acceptors (Lipinski definition) is 3. The molecule has 110 valence electrons. The van der Waals surface area contributed by atoms with Crippen LogP contribution in [0.4, 0.5) is 0 Å². The maximum absolute atomic E-state index is 12.2. The topological polar surface area (TPSA) is 66.4 Å². The molecule has 1 amide bonds. The molecule has 0 aliphatic heterocycles. The van der Waals surface area contributed by atoms with Crippen molar-refractivity contribution in [2.45, 2.75) is 25.2 Å². The number of amides is 1. The molecule has 0 bridgehead atoms. The zero-order valence-corrected chi connectivity index (χ0v) is 13.1. The van der Waals surface area contributed by atoms with E-state index in [1.54, 1.807) is 30.8 Å². The third-order valence-corrected chi connectivity index (χ3v) is 3.81. The standard InChI is InChI=1S/C14H18ClNO3S/c1-3-20-12-5-4-10(15)7-11(12)14(19)16-8-9(2)6-13(17)18/h4-5,7,9H,3,6,8H2,1-2H3,(H,16,19)(H,17,18). The van der Waals surface area contributed by atoms with Crippen molar-refractivity contribution in [1.29, 1.82) is 0 Å². The van der Waals surface area contributed by atoms with Gasteiger partial charge in [0.2, 0.25) is 0 Å². The van der Waals surface area contributed by atoms with Crippen LogP contribution in [0.2, 0.25) is 5.02 Å². The third kappa shape index (κ3) is 5.43. The number of carbonyl (C=O) groups excluding carboxylic acids is 1. The average molecular weight is 316 g/mol. The zero-order chi connectivity index (χ0) is 15.1. The fourth-order valence-electron chi connectivity index (χ4n) is 1.69. The van der Waals surface area contributed by atoms with Gasteiger partial charge >= 0.3 is 5.97 Å². The lowest BCUT2D eigenvalue weighted by atomic mass is 10.1. The predicted octanol–water partition coefficient (Wildman–Crippen LogP) is 3.29. The minimum atomic E-state index is -0.864. The maximum atomic E-state index is 12.2. The summed E-state index contributed by atoms with van der Waals surface area (Å²) in [5.41, 5.74) is 0.534. The molecule has 0 saturated heterocycles. The van der Waals surface area contributed by atoms with Gasteiger partial charge in [-0.25, -0.2) is 0 Å². The van der Waals surface area contributed by atoms with Crippen LogP contribution in [0, 0.1) is 5.92 Å². The molecule has 1 atom stereocenters. The van der Waals surface area contributed by atoms with Crippen molar-refractivity contribution in [3.8, 4) is 0 Å². The van der Waals surface area contributed by atoms with Gasteiger partial charge in [-0.1, -0.05) is 25.4 Å². The largest absolute Gasteiger partial charge is 0.481 e. The van der Waals surface area contributed by atoms with E-state index in [2.05, 4.69) is 5.32 Å². The van der Waals surface area contributed by atoms with Crippen LogP contribution in [0.1, 0.15) is 30.6 Å². The Hall–Kier alpha value is -1.20. The Kier molecular flexibility index (Phi) is 6.88. The highest BCUT2D eigenvalue weighted by Crippen LogP contribution is 2.25. The number of rotatable bonds is 7. The fraction of sp³-hybridized carbons (Fsp3) is 0.429. The molecule has 0 fully saturated rings. The molecule has 1 aromatic carbocycles. The van der Waals surface area contributed by atoms with Crippen molar-refractivity contribution in [1.82, 2.24) is 5.32 Å². The van der Waals surface area contributed by atoms with Gasteiger partial charge in [-0.2, -0.15) is 0 Å². The molecule has 1 unspecified atom stereocenters. The number of nitrogens with one attached hydrogen (secondary N) is 1. The number of halogens is 1. The van der Waals surface area contributed by atoms with Crippen molar-refractivity contribution in [2.75, 3.05) is 12.3 Å². The van der Waals surface area contributed by atoms with E-state index in [1.165, 1.54) is 0 Å². The molecule has 6 heteroatoms. The summed E-state index contributed by atoms with van der Waals surface area (Å²) in [7, 11) is 0. The summed E-state index contributed by atoms with van der Waals surface area (Å²) >= 11 is 7.50. The molecular formula is C14H18ClNO3S. The zero-order valence-electron chi connectivity index (χ0n) is 11.5. The molecule has 1 aromatic rings. The molecule has 0 aromatic heterocycles. The van der Waals surface area contributed by atoms with Gasteiger partial charge in [0.15, 0.2) is 0 Å². The number of thioether (sulfide) groups is 1. The second-order valence-electron chi connectivity index (χ2n) is 4.49. The van der Waals surface area contributed by atoms with Crippen LogP contribution in [-0.4, -0.2) is 29.3 Å².